The van der Waals surface area contributed by atoms with E-state index in [1.54, 1.807) is 0 Å². The van der Waals surface area contributed by atoms with E-state index in [1.165, 1.54) is 0 Å². The quantitative estimate of drug-likeness (QED) is 0.800. The molecule has 0 saturated carbocycles. The van der Waals surface area contributed by atoms with E-state index >= 15 is 0 Å². The minimum Gasteiger partial charge on any atom is -0.368 e. The van der Waals surface area contributed by atoms with Gasteiger partial charge in [-0.05, 0) is 37.0 Å². The van der Waals surface area contributed by atoms with Gasteiger partial charge in [-0.3, -0.25) is 4.79 Å². The second-order valence-corrected chi connectivity index (χ2v) is 6.25. The number of piperazine rings is 1. The van der Waals surface area contributed by atoms with Gasteiger partial charge in [-0.25, -0.2) is 0 Å². The first-order valence-electron chi connectivity index (χ1n) is 7.67. The highest BCUT2D eigenvalue weighted by molar-refractivity contribution is 6.30. The van der Waals surface area contributed by atoms with Crippen molar-refractivity contribution in [1.82, 2.24) is 4.90 Å². The number of halogens is 1. The lowest BCUT2D eigenvalue weighted by Crippen LogP contribution is -2.49. The normalized spacial score (nSPS) is 21.9. The molecule has 1 amide bonds. The van der Waals surface area contributed by atoms with E-state index in [2.05, 4.69) is 23.1 Å². The molecule has 112 valence electrons. The molecule has 21 heavy (non-hydrogen) atoms. The predicted molar refractivity (Wildman–Crippen MR) is 86.7 cm³/mol. The van der Waals surface area contributed by atoms with Gasteiger partial charge < -0.3 is 9.80 Å². The molecule has 0 bridgehead atoms. The van der Waals surface area contributed by atoms with Crippen LogP contribution in [0.25, 0.3) is 0 Å². The Morgan fingerprint density at radius 2 is 2.05 bits per heavy atom. The molecule has 2 aliphatic rings. The highest BCUT2D eigenvalue weighted by Crippen LogP contribution is 2.23. The van der Waals surface area contributed by atoms with Crippen molar-refractivity contribution in [3.63, 3.8) is 0 Å². The third kappa shape index (κ3) is 3.59. The summed E-state index contributed by atoms with van der Waals surface area (Å²) in [6.45, 7) is 3.38. The van der Waals surface area contributed by atoms with Crippen LogP contribution in [0.1, 0.15) is 19.3 Å². The Balaban J connectivity index is 1.52. The number of carbonyl (C=O) groups excluding carboxylic acids is 1. The molecule has 1 atom stereocenters. The van der Waals surface area contributed by atoms with E-state index in [4.69, 9.17) is 11.6 Å². The van der Waals surface area contributed by atoms with Gasteiger partial charge in [0.15, 0.2) is 0 Å². The number of allylic oxidation sites excluding steroid dienone is 2. The van der Waals surface area contributed by atoms with Gasteiger partial charge in [-0.1, -0.05) is 29.8 Å². The van der Waals surface area contributed by atoms with Crippen LogP contribution in [0.2, 0.25) is 5.02 Å². The highest BCUT2D eigenvalue weighted by Gasteiger charge is 2.23. The Hall–Kier alpha value is -1.48. The van der Waals surface area contributed by atoms with E-state index < -0.39 is 0 Å². The third-order valence-corrected chi connectivity index (χ3v) is 4.59. The molecule has 4 heteroatoms. The molecule has 1 aliphatic carbocycles. The highest BCUT2D eigenvalue weighted by atomic mass is 35.5. The number of anilines is 1. The minimum atomic E-state index is 0.303. The fourth-order valence-corrected chi connectivity index (χ4v) is 3.29. The summed E-state index contributed by atoms with van der Waals surface area (Å²) in [6, 6.07) is 7.93. The SMILES string of the molecule is O=C(CC1C=CCC1)N1CCN(c2cccc(Cl)c2)CC1. The standard InChI is InChI=1S/C17H21ClN2O/c18-15-6-3-7-16(13-15)19-8-10-20(11-9-19)17(21)12-14-4-1-2-5-14/h1,3-4,6-7,13-14H,2,5,8-12H2. The smallest absolute Gasteiger partial charge is 0.223 e. The summed E-state index contributed by atoms with van der Waals surface area (Å²) in [6.07, 6.45) is 7.32. The van der Waals surface area contributed by atoms with Crippen molar-refractivity contribution in [2.75, 3.05) is 31.1 Å². The molecule has 1 unspecified atom stereocenters. The fraction of sp³-hybridized carbons (Fsp3) is 0.471. The molecule has 0 spiro atoms. The number of hydrogen-bond donors (Lipinski definition) is 0. The monoisotopic (exact) mass is 304 g/mol. The zero-order chi connectivity index (χ0) is 14.7. The van der Waals surface area contributed by atoms with Gasteiger partial charge >= 0.3 is 0 Å². The molecule has 1 saturated heterocycles. The van der Waals surface area contributed by atoms with Gasteiger partial charge in [0.1, 0.15) is 0 Å². The number of rotatable bonds is 3. The van der Waals surface area contributed by atoms with Crippen molar-refractivity contribution >= 4 is 23.2 Å². The number of hydrogen-bond acceptors (Lipinski definition) is 2. The Labute approximate surface area is 131 Å². The molecule has 3 rings (SSSR count). The maximum Gasteiger partial charge on any atom is 0.223 e. The van der Waals surface area contributed by atoms with Crippen LogP contribution in [0.15, 0.2) is 36.4 Å². The second kappa shape index (κ2) is 6.52. The molecule has 1 fully saturated rings. The van der Waals surface area contributed by atoms with Gasteiger partial charge in [0.05, 0.1) is 0 Å². The summed E-state index contributed by atoms with van der Waals surface area (Å²) in [5, 5.41) is 0.763. The van der Waals surface area contributed by atoms with Crippen LogP contribution in [0.4, 0.5) is 5.69 Å². The molecular formula is C17H21ClN2O. The summed E-state index contributed by atoms with van der Waals surface area (Å²) in [5.74, 6) is 0.765. The third-order valence-electron chi connectivity index (χ3n) is 4.35. The van der Waals surface area contributed by atoms with E-state index in [-0.39, 0.29) is 0 Å². The zero-order valence-corrected chi connectivity index (χ0v) is 12.9. The van der Waals surface area contributed by atoms with E-state index in [0.29, 0.717) is 18.2 Å². The lowest BCUT2D eigenvalue weighted by molar-refractivity contribution is -0.132. The van der Waals surface area contributed by atoms with Gasteiger partial charge in [-0.2, -0.15) is 0 Å². The molecule has 0 radical (unpaired) electrons. The van der Waals surface area contributed by atoms with Crippen molar-refractivity contribution in [3.05, 3.63) is 41.4 Å². The Kier molecular flexibility index (Phi) is 4.49. The topological polar surface area (TPSA) is 23.6 Å². The van der Waals surface area contributed by atoms with Crippen LogP contribution in [0.3, 0.4) is 0 Å². The van der Waals surface area contributed by atoms with Gasteiger partial charge in [-0.15, -0.1) is 0 Å². The Bertz CT molecular complexity index is 535. The van der Waals surface area contributed by atoms with Crippen LogP contribution < -0.4 is 4.90 Å². The van der Waals surface area contributed by atoms with Crippen LogP contribution in [-0.4, -0.2) is 37.0 Å². The Morgan fingerprint density at radius 1 is 1.24 bits per heavy atom. The van der Waals surface area contributed by atoms with Crippen LogP contribution in [0.5, 0.6) is 0 Å². The maximum absolute atomic E-state index is 12.3. The average molecular weight is 305 g/mol. The first kappa shape index (κ1) is 14.5. The van der Waals surface area contributed by atoms with Crippen molar-refractivity contribution in [3.8, 4) is 0 Å². The minimum absolute atomic E-state index is 0.303. The molecule has 1 aromatic carbocycles. The van der Waals surface area contributed by atoms with E-state index in [1.807, 2.05) is 23.1 Å². The predicted octanol–water partition coefficient (Wildman–Crippen LogP) is 3.34. The summed E-state index contributed by atoms with van der Waals surface area (Å²) in [4.78, 5) is 16.6. The molecule has 1 aromatic rings. The van der Waals surface area contributed by atoms with Crippen molar-refractivity contribution in [2.45, 2.75) is 19.3 Å². The van der Waals surface area contributed by atoms with Crippen molar-refractivity contribution in [2.24, 2.45) is 5.92 Å². The molecule has 0 N–H and O–H groups in total. The van der Waals surface area contributed by atoms with E-state index in [0.717, 1.165) is 49.7 Å². The lowest BCUT2D eigenvalue weighted by Gasteiger charge is -2.36. The van der Waals surface area contributed by atoms with Crippen LogP contribution in [-0.2, 0) is 4.79 Å². The maximum atomic E-state index is 12.3. The van der Waals surface area contributed by atoms with Crippen LogP contribution in [0, 0.1) is 5.92 Å². The number of carbonyl (C=O) groups is 1. The lowest BCUT2D eigenvalue weighted by atomic mass is 10.0. The molecule has 1 aliphatic heterocycles. The second-order valence-electron chi connectivity index (χ2n) is 5.82. The summed E-state index contributed by atoms with van der Waals surface area (Å²) in [5.41, 5.74) is 1.15. The summed E-state index contributed by atoms with van der Waals surface area (Å²) in [7, 11) is 0. The average Bonchev–Trinajstić information content (AvgIpc) is 3.00. The van der Waals surface area contributed by atoms with E-state index in [9.17, 15) is 4.79 Å². The van der Waals surface area contributed by atoms with Gasteiger partial charge in [0.25, 0.3) is 0 Å². The zero-order valence-electron chi connectivity index (χ0n) is 12.2. The van der Waals surface area contributed by atoms with Gasteiger partial charge in [0, 0.05) is 43.3 Å². The first-order chi connectivity index (χ1) is 10.2. The molecule has 0 aromatic heterocycles. The van der Waals surface area contributed by atoms with Gasteiger partial charge in [0.2, 0.25) is 5.91 Å². The van der Waals surface area contributed by atoms with Crippen LogP contribution >= 0.6 is 11.6 Å². The molecule has 1 heterocycles. The van der Waals surface area contributed by atoms with Crippen molar-refractivity contribution < 1.29 is 4.79 Å². The summed E-state index contributed by atoms with van der Waals surface area (Å²) >= 11 is 6.04. The fourth-order valence-electron chi connectivity index (χ4n) is 3.11. The number of nitrogens with zero attached hydrogens (tertiary/aromatic N) is 2. The molecular weight excluding hydrogens is 284 g/mol. The Morgan fingerprint density at radius 3 is 2.71 bits per heavy atom. The van der Waals surface area contributed by atoms with Crippen molar-refractivity contribution in [1.29, 1.82) is 0 Å². The first-order valence-corrected chi connectivity index (χ1v) is 8.05. The largest absolute Gasteiger partial charge is 0.368 e. The number of benzene rings is 1. The molecule has 3 nitrogen and oxygen atoms in total. The summed E-state index contributed by atoms with van der Waals surface area (Å²) < 4.78 is 0. The number of amides is 1.